The van der Waals surface area contributed by atoms with Crippen molar-refractivity contribution < 1.29 is 0 Å². The molecule has 0 spiro atoms. The molecular weight excluding hydrogens is 310 g/mol. The summed E-state index contributed by atoms with van der Waals surface area (Å²) >= 11 is 9.36. The van der Waals surface area contributed by atoms with Crippen LogP contribution in [0, 0.1) is 0 Å². The molecule has 1 aromatic carbocycles. The number of nitrogens with one attached hydrogen (secondary N) is 1. The first-order valence-electron chi connectivity index (χ1n) is 6.34. The van der Waals surface area contributed by atoms with E-state index in [2.05, 4.69) is 34.2 Å². The van der Waals surface area contributed by atoms with Gasteiger partial charge < -0.3 is 4.98 Å². The maximum atomic E-state index is 5.97. The Labute approximate surface area is 130 Å². The third-order valence-electron chi connectivity index (χ3n) is 2.84. The number of hydrogen-bond acceptors (Lipinski definition) is 4. The van der Waals surface area contributed by atoms with Crippen LogP contribution in [0.3, 0.4) is 0 Å². The van der Waals surface area contributed by atoms with Crippen LogP contribution in [0.25, 0.3) is 11.0 Å². The van der Waals surface area contributed by atoms with Gasteiger partial charge in [-0.25, -0.2) is 9.97 Å². The maximum absolute atomic E-state index is 5.97. The second-order valence-corrected chi connectivity index (χ2v) is 7.11. The number of benzene rings is 1. The predicted octanol–water partition coefficient (Wildman–Crippen LogP) is 5.09. The van der Waals surface area contributed by atoms with E-state index < -0.39 is 0 Å². The minimum atomic E-state index is 0.493. The third kappa shape index (κ3) is 3.00. The number of fused-ring (bicyclic) bond motifs is 1. The summed E-state index contributed by atoms with van der Waals surface area (Å²) in [6.45, 7) is 4.33. The number of thioether (sulfide) groups is 1. The quantitative estimate of drug-likeness (QED) is 0.680. The number of hydrogen-bond donors (Lipinski definition) is 1. The topological polar surface area (TPSA) is 41.6 Å². The highest BCUT2D eigenvalue weighted by Crippen LogP contribution is 2.26. The predicted molar refractivity (Wildman–Crippen MR) is 86.9 cm³/mol. The fraction of sp³-hybridized carbons (Fsp3) is 0.286. The highest BCUT2D eigenvalue weighted by atomic mass is 35.5. The standard InChI is InChI=1S/C14H14ClN3S2/c1-8(2)13-16-10(6-19-13)7-20-14-17-11-4-3-9(15)5-12(11)18-14/h3-6,8H,7H2,1-2H3,(H,17,18). The molecule has 0 atom stereocenters. The average molecular weight is 324 g/mol. The lowest BCUT2D eigenvalue weighted by Gasteiger charge is -1.97. The van der Waals surface area contributed by atoms with Crippen LogP contribution in [0.4, 0.5) is 0 Å². The van der Waals surface area contributed by atoms with Crippen LogP contribution < -0.4 is 0 Å². The molecule has 6 heteroatoms. The molecule has 0 aliphatic rings. The van der Waals surface area contributed by atoms with Crippen LogP contribution in [-0.4, -0.2) is 15.0 Å². The van der Waals surface area contributed by atoms with Crippen molar-refractivity contribution in [2.24, 2.45) is 0 Å². The molecule has 0 saturated carbocycles. The van der Waals surface area contributed by atoms with Crippen molar-refractivity contribution in [1.82, 2.24) is 15.0 Å². The first-order valence-corrected chi connectivity index (χ1v) is 8.58. The molecule has 1 N–H and O–H groups in total. The Morgan fingerprint density at radius 3 is 2.95 bits per heavy atom. The molecule has 2 heterocycles. The highest BCUT2D eigenvalue weighted by molar-refractivity contribution is 7.98. The van der Waals surface area contributed by atoms with Gasteiger partial charge in [-0.3, -0.25) is 0 Å². The summed E-state index contributed by atoms with van der Waals surface area (Å²) in [5.41, 5.74) is 3.03. The summed E-state index contributed by atoms with van der Waals surface area (Å²) in [6, 6.07) is 5.68. The van der Waals surface area contributed by atoms with Crippen molar-refractivity contribution in [3.05, 3.63) is 39.3 Å². The van der Waals surface area contributed by atoms with E-state index in [4.69, 9.17) is 11.6 Å². The number of nitrogens with zero attached hydrogens (tertiary/aromatic N) is 2. The van der Waals surface area contributed by atoms with Gasteiger partial charge in [-0.2, -0.15) is 0 Å². The first-order chi connectivity index (χ1) is 9.61. The summed E-state index contributed by atoms with van der Waals surface area (Å²) in [5.74, 6) is 1.32. The van der Waals surface area contributed by atoms with Gasteiger partial charge in [0.05, 0.1) is 21.7 Å². The van der Waals surface area contributed by atoms with Crippen LogP contribution in [0.1, 0.15) is 30.5 Å². The minimum absolute atomic E-state index is 0.493. The van der Waals surface area contributed by atoms with E-state index >= 15 is 0 Å². The van der Waals surface area contributed by atoms with Crippen molar-refractivity contribution in [1.29, 1.82) is 0 Å². The van der Waals surface area contributed by atoms with Gasteiger partial charge >= 0.3 is 0 Å². The normalized spacial score (nSPS) is 11.6. The molecule has 0 bridgehead atoms. The molecule has 0 saturated heterocycles. The zero-order chi connectivity index (χ0) is 14.1. The molecule has 0 radical (unpaired) electrons. The van der Waals surface area contributed by atoms with Gasteiger partial charge in [0, 0.05) is 22.1 Å². The lowest BCUT2D eigenvalue weighted by molar-refractivity contribution is 0.846. The van der Waals surface area contributed by atoms with Crippen molar-refractivity contribution in [3.63, 3.8) is 0 Å². The Balaban J connectivity index is 1.72. The number of H-pyrrole nitrogens is 1. The van der Waals surface area contributed by atoms with Crippen LogP contribution in [-0.2, 0) is 5.75 Å². The van der Waals surface area contributed by atoms with E-state index in [1.54, 1.807) is 23.1 Å². The molecule has 20 heavy (non-hydrogen) atoms. The van der Waals surface area contributed by atoms with Crippen molar-refractivity contribution in [2.75, 3.05) is 0 Å². The van der Waals surface area contributed by atoms with Crippen molar-refractivity contribution in [2.45, 2.75) is 30.7 Å². The van der Waals surface area contributed by atoms with Gasteiger partial charge in [-0.15, -0.1) is 11.3 Å². The highest BCUT2D eigenvalue weighted by Gasteiger charge is 2.08. The lowest BCUT2D eigenvalue weighted by atomic mass is 10.2. The van der Waals surface area contributed by atoms with E-state index in [1.165, 1.54) is 5.01 Å². The maximum Gasteiger partial charge on any atom is 0.166 e. The zero-order valence-electron chi connectivity index (χ0n) is 11.2. The summed E-state index contributed by atoms with van der Waals surface area (Å²) in [6.07, 6.45) is 0. The van der Waals surface area contributed by atoms with E-state index in [-0.39, 0.29) is 0 Å². The molecule has 0 aliphatic carbocycles. The monoisotopic (exact) mass is 323 g/mol. The smallest absolute Gasteiger partial charge is 0.166 e. The molecule has 104 valence electrons. The molecular formula is C14H14ClN3S2. The summed E-state index contributed by atoms with van der Waals surface area (Å²) in [7, 11) is 0. The van der Waals surface area contributed by atoms with Crippen LogP contribution in [0.5, 0.6) is 0 Å². The number of halogens is 1. The van der Waals surface area contributed by atoms with Crippen LogP contribution in [0.2, 0.25) is 5.02 Å². The van der Waals surface area contributed by atoms with Gasteiger partial charge in [0.25, 0.3) is 0 Å². The Morgan fingerprint density at radius 1 is 1.35 bits per heavy atom. The Bertz CT molecular complexity index is 733. The summed E-state index contributed by atoms with van der Waals surface area (Å²) in [5, 5.41) is 4.94. The number of thiazole rings is 1. The number of imidazole rings is 1. The molecule has 2 aromatic heterocycles. The van der Waals surface area contributed by atoms with Crippen LogP contribution >= 0.6 is 34.7 Å². The number of rotatable bonds is 4. The minimum Gasteiger partial charge on any atom is -0.333 e. The van der Waals surface area contributed by atoms with Crippen molar-refractivity contribution >= 4 is 45.7 Å². The molecule has 0 unspecified atom stereocenters. The van der Waals surface area contributed by atoms with E-state index in [9.17, 15) is 0 Å². The second-order valence-electron chi connectivity index (χ2n) is 4.82. The van der Waals surface area contributed by atoms with Gasteiger partial charge in [-0.05, 0) is 18.2 Å². The molecule has 3 aromatic rings. The van der Waals surface area contributed by atoms with Crippen LogP contribution in [0.15, 0.2) is 28.7 Å². The summed E-state index contributed by atoms with van der Waals surface area (Å²) in [4.78, 5) is 12.4. The van der Waals surface area contributed by atoms with E-state index in [0.717, 1.165) is 32.7 Å². The molecule has 0 fully saturated rings. The largest absolute Gasteiger partial charge is 0.333 e. The second kappa shape index (κ2) is 5.76. The summed E-state index contributed by atoms with van der Waals surface area (Å²) < 4.78 is 0. The Morgan fingerprint density at radius 2 is 2.20 bits per heavy atom. The third-order valence-corrected chi connectivity index (χ3v) is 5.18. The van der Waals surface area contributed by atoms with Gasteiger partial charge in [0.2, 0.25) is 0 Å². The molecule has 3 rings (SSSR count). The fourth-order valence-corrected chi connectivity index (χ4v) is 3.71. The molecule has 0 aliphatic heterocycles. The Hall–Kier alpha value is -1.04. The van der Waals surface area contributed by atoms with Gasteiger partial charge in [0.15, 0.2) is 5.16 Å². The van der Waals surface area contributed by atoms with Gasteiger partial charge in [-0.1, -0.05) is 37.2 Å². The fourth-order valence-electron chi connectivity index (χ4n) is 1.82. The average Bonchev–Trinajstić information content (AvgIpc) is 3.01. The number of aromatic nitrogens is 3. The SMILES string of the molecule is CC(C)c1nc(CSc2nc3ccc(Cl)cc3[nH]2)cs1. The van der Waals surface area contributed by atoms with E-state index in [0.29, 0.717) is 5.92 Å². The molecule has 3 nitrogen and oxygen atoms in total. The zero-order valence-corrected chi connectivity index (χ0v) is 13.6. The molecule has 0 amide bonds. The van der Waals surface area contributed by atoms with Gasteiger partial charge in [0.1, 0.15) is 0 Å². The lowest BCUT2D eigenvalue weighted by Crippen LogP contribution is -1.87. The first kappa shape index (κ1) is 13.9. The van der Waals surface area contributed by atoms with E-state index in [1.807, 2.05) is 18.2 Å². The number of aromatic amines is 1. The van der Waals surface area contributed by atoms with Crippen molar-refractivity contribution in [3.8, 4) is 0 Å². The Kier molecular flexibility index (Phi) is 4.01.